The number of hydrogen-bond donors (Lipinski definition) is 2. The van der Waals surface area contributed by atoms with Crippen LogP contribution in [0.5, 0.6) is 0 Å². The molecule has 0 radical (unpaired) electrons. The molecule has 1 unspecified atom stereocenters. The first kappa shape index (κ1) is 14.0. The van der Waals surface area contributed by atoms with Gasteiger partial charge in [-0.3, -0.25) is 4.79 Å². The summed E-state index contributed by atoms with van der Waals surface area (Å²) in [5.41, 5.74) is 5.51. The van der Waals surface area contributed by atoms with E-state index in [1.165, 1.54) is 11.0 Å². The summed E-state index contributed by atoms with van der Waals surface area (Å²) in [4.78, 5) is 24.6. The van der Waals surface area contributed by atoms with Gasteiger partial charge < -0.3 is 16.0 Å². The monoisotopic (exact) mass is 301 g/mol. The van der Waals surface area contributed by atoms with Crippen LogP contribution < -0.4 is 11.1 Å². The lowest BCUT2D eigenvalue weighted by Gasteiger charge is -2.15. The minimum absolute atomic E-state index is 0.116. The molecule has 1 saturated heterocycles. The van der Waals surface area contributed by atoms with Crippen molar-refractivity contribution in [2.75, 3.05) is 13.1 Å². The van der Waals surface area contributed by atoms with Crippen LogP contribution in [0.1, 0.15) is 16.8 Å². The Hall–Kier alpha value is -1.46. The Kier molecular flexibility index (Phi) is 4.17. The molecule has 1 aromatic carbocycles. The Morgan fingerprint density at radius 2 is 2.11 bits per heavy atom. The Bertz CT molecular complexity index is 522. The number of likely N-dealkylation sites (tertiary alicyclic amines) is 1. The number of carbonyl (C=O) groups excluding carboxylic acids is 2. The van der Waals surface area contributed by atoms with Crippen molar-refractivity contribution in [2.24, 2.45) is 5.73 Å². The van der Waals surface area contributed by atoms with Crippen LogP contribution in [0.4, 0.5) is 4.79 Å². The van der Waals surface area contributed by atoms with Crippen LogP contribution in [-0.2, 0) is 0 Å². The zero-order valence-corrected chi connectivity index (χ0v) is 11.5. The Balaban J connectivity index is 2.02. The molecule has 7 heteroatoms. The van der Waals surface area contributed by atoms with Gasteiger partial charge in [-0.2, -0.15) is 0 Å². The summed E-state index contributed by atoms with van der Waals surface area (Å²) >= 11 is 11.8. The van der Waals surface area contributed by atoms with E-state index in [0.29, 0.717) is 35.1 Å². The lowest BCUT2D eigenvalue weighted by Crippen LogP contribution is -2.40. The van der Waals surface area contributed by atoms with E-state index in [1.807, 2.05) is 0 Å². The first-order chi connectivity index (χ1) is 8.97. The fourth-order valence-corrected chi connectivity index (χ4v) is 2.39. The quantitative estimate of drug-likeness (QED) is 0.875. The molecule has 0 aliphatic carbocycles. The number of amides is 3. The largest absolute Gasteiger partial charge is 0.351 e. The van der Waals surface area contributed by atoms with Crippen molar-refractivity contribution in [3.05, 3.63) is 33.8 Å². The van der Waals surface area contributed by atoms with E-state index in [4.69, 9.17) is 28.9 Å². The number of primary amides is 1. The number of rotatable bonds is 2. The second kappa shape index (κ2) is 5.67. The van der Waals surface area contributed by atoms with Crippen molar-refractivity contribution >= 4 is 35.1 Å². The maximum absolute atomic E-state index is 12.1. The first-order valence-electron chi connectivity index (χ1n) is 5.77. The van der Waals surface area contributed by atoms with Crippen LogP contribution in [0.3, 0.4) is 0 Å². The van der Waals surface area contributed by atoms with E-state index in [9.17, 15) is 9.59 Å². The van der Waals surface area contributed by atoms with Crippen molar-refractivity contribution in [1.29, 1.82) is 0 Å². The molecular weight excluding hydrogens is 289 g/mol. The van der Waals surface area contributed by atoms with Crippen molar-refractivity contribution in [2.45, 2.75) is 12.5 Å². The smallest absolute Gasteiger partial charge is 0.314 e. The van der Waals surface area contributed by atoms with Crippen LogP contribution >= 0.6 is 23.2 Å². The molecule has 0 bridgehead atoms. The molecule has 0 aromatic heterocycles. The lowest BCUT2D eigenvalue weighted by molar-refractivity contribution is 0.0938. The van der Waals surface area contributed by atoms with Crippen LogP contribution in [0.15, 0.2) is 18.2 Å². The Labute approximate surface area is 120 Å². The number of urea groups is 1. The maximum atomic E-state index is 12.1. The van der Waals surface area contributed by atoms with Gasteiger partial charge in [0.1, 0.15) is 0 Å². The van der Waals surface area contributed by atoms with E-state index in [2.05, 4.69) is 5.32 Å². The molecule has 1 fully saturated rings. The van der Waals surface area contributed by atoms with Crippen molar-refractivity contribution < 1.29 is 9.59 Å². The summed E-state index contributed by atoms with van der Waals surface area (Å²) < 4.78 is 0. The molecule has 1 aromatic rings. The van der Waals surface area contributed by atoms with Crippen LogP contribution in [-0.4, -0.2) is 36.0 Å². The minimum atomic E-state index is -0.475. The zero-order valence-electron chi connectivity index (χ0n) is 10.0. The summed E-state index contributed by atoms with van der Waals surface area (Å²) in [7, 11) is 0. The van der Waals surface area contributed by atoms with Gasteiger partial charge in [-0.15, -0.1) is 0 Å². The second-order valence-corrected chi connectivity index (χ2v) is 5.21. The average molecular weight is 302 g/mol. The fourth-order valence-electron chi connectivity index (χ4n) is 2.01. The van der Waals surface area contributed by atoms with Gasteiger partial charge in [0.15, 0.2) is 0 Å². The molecule has 3 N–H and O–H groups in total. The van der Waals surface area contributed by atoms with E-state index in [0.717, 1.165) is 0 Å². The Morgan fingerprint density at radius 3 is 2.74 bits per heavy atom. The number of halogens is 2. The van der Waals surface area contributed by atoms with Gasteiger partial charge in [0, 0.05) is 24.2 Å². The van der Waals surface area contributed by atoms with E-state index in [1.54, 1.807) is 12.1 Å². The van der Waals surface area contributed by atoms with Crippen LogP contribution in [0.25, 0.3) is 0 Å². The molecule has 2 rings (SSSR count). The predicted octanol–water partition coefficient (Wildman–Crippen LogP) is 1.88. The lowest BCUT2D eigenvalue weighted by atomic mass is 10.2. The topological polar surface area (TPSA) is 75.4 Å². The highest BCUT2D eigenvalue weighted by atomic mass is 35.5. The molecule has 1 atom stereocenters. The SMILES string of the molecule is NC(=O)N1CCC(NC(=O)c2cc(Cl)ccc2Cl)C1. The fraction of sp³-hybridized carbons (Fsp3) is 0.333. The number of nitrogens with two attached hydrogens (primary N) is 1. The van der Waals surface area contributed by atoms with Crippen molar-refractivity contribution in [1.82, 2.24) is 10.2 Å². The highest BCUT2D eigenvalue weighted by Gasteiger charge is 2.26. The highest BCUT2D eigenvalue weighted by Crippen LogP contribution is 2.21. The van der Waals surface area contributed by atoms with Gasteiger partial charge in [0.25, 0.3) is 5.91 Å². The number of carbonyl (C=O) groups is 2. The predicted molar refractivity (Wildman–Crippen MR) is 73.5 cm³/mol. The summed E-state index contributed by atoms with van der Waals surface area (Å²) in [5, 5.41) is 3.60. The number of hydrogen-bond acceptors (Lipinski definition) is 2. The standard InChI is InChI=1S/C12H13Cl2N3O2/c13-7-1-2-10(14)9(5-7)11(18)16-8-3-4-17(6-8)12(15)19/h1-2,5,8H,3-4,6H2,(H2,15,19)(H,16,18). The third kappa shape index (κ3) is 3.30. The van der Waals surface area contributed by atoms with Crippen LogP contribution in [0.2, 0.25) is 10.0 Å². The van der Waals surface area contributed by atoms with Gasteiger partial charge in [-0.05, 0) is 24.6 Å². The molecule has 3 amide bonds. The first-order valence-corrected chi connectivity index (χ1v) is 6.53. The third-order valence-electron chi connectivity index (χ3n) is 3.01. The summed E-state index contributed by atoms with van der Waals surface area (Å²) in [6.07, 6.45) is 0.673. The molecule has 1 aliphatic rings. The molecule has 102 valence electrons. The summed E-state index contributed by atoms with van der Waals surface area (Å²) in [6, 6.07) is 4.11. The normalized spacial score (nSPS) is 18.4. The van der Waals surface area contributed by atoms with E-state index >= 15 is 0 Å². The molecule has 19 heavy (non-hydrogen) atoms. The third-order valence-corrected chi connectivity index (χ3v) is 3.57. The Morgan fingerprint density at radius 1 is 1.37 bits per heavy atom. The van der Waals surface area contributed by atoms with Gasteiger partial charge in [-0.25, -0.2) is 4.79 Å². The summed E-state index contributed by atoms with van der Waals surface area (Å²) in [6.45, 7) is 0.961. The van der Waals surface area contributed by atoms with Crippen molar-refractivity contribution in [3.8, 4) is 0 Å². The molecule has 0 saturated carbocycles. The number of benzene rings is 1. The minimum Gasteiger partial charge on any atom is -0.351 e. The van der Waals surface area contributed by atoms with Gasteiger partial charge in [0.2, 0.25) is 0 Å². The van der Waals surface area contributed by atoms with Gasteiger partial charge in [0.05, 0.1) is 10.6 Å². The van der Waals surface area contributed by atoms with E-state index in [-0.39, 0.29) is 11.9 Å². The number of nitrogens with zero attached hydrogens (tertiary/aromatic N) is 1. The molecule has 1 heterocycles. The number of nitrogens with one attached hydrogen (secondary N) is 1. The average Bonchev–Trinajstić information content (AvgIpc) is 2.80. The van der Waals surface area contributed by atoms with Gasteiger partial charge in [-0.1, -0.05) is 23.2 Å². The maximum Gasteiger partial charge on any atom is 0.314 e. The zero-order chi connectivity index (χ0) is 14.0. The van der Waals surface area contributed by atoms with Crippen molar-refractivity contribution in [3.63, 3.8) is 0 Å². The highest BCUT2D eigenvalue weighted by molar-refractivity contribution is 6.35. The molecular formula is C12H13Cl2N3O2. The van der Waals surface area contributed by atoms with Crippen LogP contribution in [0, 0.1) is 0 Å². The summed E-state index contributed by atoms with van der Waals surface area (Å²) in [5.74, 6) is -0.302. The molecule has 0 spiro atoms. The molecule has 1 aliphatic heterocycles. The second-order valence-electron chi connectivity index (χ2n) is 4.37. The van der Waals surface area contributed by atoms with Gasteiger partial charge >= 0.3 is 6.03 Å². The van der Waals surface area contributed by atoms with E-state index < -0.39 is 6.03 Å². The molecule has 5 nitrogen and oxygen atoms in total.